The molecule has 0 spiro atoms. The topological polar surface area (TPSA) is 35.6 Å². The molecule has 132 valence electrons. The highest BCUT2D eigenvalue weighted by Gasteiger charge is 2.51. The maximum Gasteiger partial charge on any atom is 0.230 e. The normalized spacial score (nSPS) is 31.2. The summed E-state index contributed by atoms with van der Waals surface area (Å²) in [6, 6.07) is 4.35. The standard InChI is InChI=1S/C19H29N3OS/c23-18(19-7-2-1-4-16(19)14-20-15-19)22-11-9-21(10-12-22)8-6-17-5-3-13-24-17/h3,5,13,16,20H,1-2,4,6-12,14-15H2/t16-,19+/m0/s1. The SMILES string of the molecule is O=C(N1CCN(CCc2cccs2)CC1)[C@@]12CCCC[C@H]1CNC2. The van der Waals surface area contributed by atoms with E-state index < -0.39 is 0 Å². The highest BCUT2D eigenvalue weighted by molar-refractivity contribution is 7.09. The molecule has 2 aliphatic heterocycles. The van der Waals surface area contributed by atoms with Gasteiger partial charge >= 0.3 is 0 Å². The summed E-state index contributed by atoms with van der Waals surface area (Å²) >= 11 is 1.85. The van der Waals surface area contributed by atoms with Crippen LogP contribution in [0.1, 0.15) is 30.6 Å². The molecule has 0 bridgehead atoms. The third-order valence-corrected chi connectivity index (χ3v) is 7.31. The van der Waals surface area contributed by atoms with Crippen molar-refractivity contribution in [2.75, 3.05) is 45.8 Å². The molecule has 24 heavy (non-hydrogen) atoms. The van der Waals surface area contributed by atoms with E-state index in [9.17, 15) is 4.79 Å². The molecule has 1 aromatic rings. The largest absolute Gasteiger partial charge is 0.340 e. The molecule has 1 amide bonds. The summed E-state index contributed by atoms with van der Waals surface area (Å²) in [5, 5.41) is 5.67. The Hall–Kier alpha value is -0.910. The Balaban J connectivity index is 1.31. The first-order valence-electron chi connectivity index (χ1n) is 9.53. The van der Waals surface area contributed by atoms with Crippen LogP contribution in [0.15, 0.2) is 17.5 Å². The van der Waals surface area contributed by atoms with E-state index in [-0.39, 0.29) is 5.41 Å². The van der Waals surface area contributed by atoms with Gasteiger partial charge in [0.1, 0.15) is 0 Å². The number of amides is 1. The van der Waals surface area contributed by atoms with Crippen LogP contribution in [0.2, 0.25) is 0 Å². The Morgan fingerprint density at radius 1 is 1.29 bits per heavy atom. The Morgan fingerprint density at radius 3 is 2.96 bits per heavy atom. The van der Waals surface area contributed by atoms with Crippen LogP contribution in [0.25, 0.3) is 0 Å². The molecule has 0 aromatic carbocycles. The summed E-state index contributed by atoms with van der Waals surface area (Å²) < 4.78 is 0. The highest BCUT2D eigenvalue weighted by atomic mass is 32.1. The van der Waals surface area contributed by atoms with Crippen LogP contribution < -0.4 is 5.32 Å². The van der Waals surface area contributed by atoms with Gasteiger partial charge in [-0.05, 0) is 43.2 Å². The smallest absolute Gasteiger partial charge is 0.230 e. The van der Waals surface area contributed by atoms with Crippen molar-refractivity contribution >= 4 is 17.2 Å². The van der Waals surface area contributed by atoms with E-state index in [0.717, 1.165) is 58.7 Å². The fourth-order valence-electron chi connectivity index (χ4n) is 4.88. The quantitative estimate of drug-likeness (QED) is 0.907. The summed E-state index contributed by atoms with van der Waals surface area (Å²) in [4.78, 5) is 19.4. The number of nitrogens with zero attached hydrogens (tertiary/aromatic N) is 2. The molecule has 0 radical (unpaired) electrons. The maximum atomic E-state index is 13.3. The van der Waals surface area contributed by atoms with Crippen molar-refractivity contribution in [3.8, 4) is 0 Å². The summed E-state index contributed by atoms with van der Waals surface area (Å²) in [7, 11) is 0. The van der Waals surface area contributed by atoms with Crippen molar-refractivity contribution in [2.45, 2.75) is 32.1 Å². The zero-order chi connectivity index (χ0) is 16.4. The predicted molar refractivity (Wildman–Crippen MR) is 98.3 cm³/mol. The lowest BCUT2D eigenvalue weighted by molar-refractivity contribution is -0.147. The predicted octanol–water partition coefficient (Wildman–Crippen LogP) is 2.21. The monoisotopic (exact) mass is 347 g/mol. The molecule has 1 N–H and O–H groups in total. The number of thiophene rings is 1. The van der Waals surface area contributed by atoms with Crippen LogP contribution in [-0.2, 0) is 11.2 Å². The Morgan fingerprint density at radius 2 is 2.17 bits per heavy atom. The number of carbonyl (C=O) groups excluding carboxylic acids is 1. The van der Waals surface area contributed by atoms with E-state index >= 15 is 0 Å². The highest BCUT2D eigenvalue weighted by Crippen LogP contribution is 2.45. The van der Waals surface area contributed by atoms with Crippen molar-refractivity contribution in [2.24, 2.45) is 11.3 Å². The fraction of sp³-hybridized carbons (Fsp3) is 0.737. The lowest BCUT2D eigenvalue weighted by atomic mass is 9.67. The van der Waals surface area contributed by atoms with Gasteiger partial charge in [0.25, 0.3) is 0 Å². The van der Waals surface area contributed by atoms with Gasteiger partial charge < -0.3 is 10.2 Å². The van der Waals surface area contributed by atoms with Gasteiger partial charge in [-0.3, -0.25) is 9.69 Å². The van der Waals surface area contributed by atoms with Crippen LogP contribution in [0, 0.1) is 11.3 Å². The molecule has 2 atom stereocenters. The number of rotatable bonds is 4. The van der Waals surface area contributed by atoms with Gasteiger partial charge in [0.2, 0.25) is 5.91 Å². The zero-order valence-corrected chi connectivity index (χ0v) is 15.3. The molecule has 5 heteroatoms. The van der Waals surface area contributed by atoms with E-state index in [0.29, 0.717) is 11.8 Å². The van der Waals surface area contributed by atoms with Gasteiger partial charge in [0, 0.05) is 44.1 Å². The van der Waals surface area contributed by atoms with Gasteiger partial charge in [0.15, 0.2) is 0 Å². The second-order valence-electron chi connectivity index (χ2n) is 7.69. The molecule has 4 nitrogen and oxygen atoms in total. The van der Waals surface area contributed by atoms with Gasteiger partial charge in [0.05, 0.1) is 5.41 Å². The van der Waals surface area contributed by atoms with Crippen molar-refractivity contribution in [3.05, 3.63) is 22.4 Å². The lowest BCUT2D eigenvalue weighted by Crippen LogP contribution is -2.56. The van der Waals surface area contributed by atoms with E-state index in [2.05, 4.69) is 32.6 Å². The average Bonchev–Trinajstić information content (AvgIpc) is 3.29. The zero-order valence-electron chi connectivity index (χ0n) is 14.5. The first kappa shape index (κ1) is 16.6. The molecule has 3 aliphatic rings. The molecular formula is C19H29N3OS. The summed E-state index contributed by atoms with van der Waals surface area (Å²) in [6.45, 7) is 6.98. The van der Waals surface area contributed by atoms with Crippen molar-refractivity contribution in [1.29, 1.82) is 0 Å². The second-order valence-corrected chi connectivity index (χ2v) is 8.73. The van der Waals surface area contributed by atoms with Gasteiger partial charge in [-0.25, -0.2) is 0 Å². The number of nitrogens with one attached hydrogen (secondary N) is 1. The van der Waals surface area contributed by atoms with Gasteiger partial charge in [-0.15, -0.1) is 11.3 Å². The molecule has 3 fully saturated rings. The molecule has 4 rings (SSSR count). The van der Waals surface area contributed by atoms with Crippen LogP contribution in [0.4, 0.5) is 0 Å². The van der Waals surface area contributed by atoms with Gasteiger partial charge in [-0.2, -0.15) is 0 Å². The summed E-state index contributed by atoms with van der Waals surface area (Å²) in [5.41, 5.74) is -0.0720. The van der Waals surface area contributed by atoms with Crippen molar-refractivity contribution in [1.82, 2.24) is 15.1 Å². The number of piperazine rings is 1. The molecule has 0 unspecified atom stereocenters. The minimum atomic E-state index is -0.0720. The summed E-state index contributed by atoms with van der Waals surface area (Å²) in [6.07, 6.45) is 6.01. The summed E-state index contributed by atoms with van der Waals surface area (Å²) in [5.74, 6) is 1.03. The molecule has 3 heterocycles. The van der Waals surface area contributed by atoms with E-state index in [1.807, 2.05) is 11.3 Å². The Kier molecular flexibility index (Phi) is 4.93. The van der Waals surface area contributed by atoms with Crippen LogP contribution in [0.5, 0.6) is 0 Å². The number of carbonyl (C=O) groups is 1. The molecule has 1 aromatic heterocycles. The molecular weight excluding hydrogens is 318 g/mol. The maximum absolute atomic E-state index is 13.3. The Bertz CT molecular complexity index is 553. The van der Waals surface area contributed by atoms with E-state index in [1.54, 1.807) is 0 Å². The number of fused-ring (bicyclic) bond motifs is 1. The van der Waals surface area contributed by atoms with Crippen molar-refractivity contribution in [3.63, 3.8) is 0 Å². The molecule has 2 saturated heterocycles. The third-order valence-electron chi connectivity index (χ3n) is 6.38. The van der Waals surface area contributed by atoms with Crippen molar-refractivity contribution < 1.29 is 4.79 Å². The average molecular weight is 348 g/mol. The molecule has 1 aliphatic carbocycles. The second kappa shape index (κ2) is 7.14. The van der Waals surface area contributed by atoms with E-state index in [4.69, 9.17) is 0 Å². The lowest BCUT2D eigenvalue weighted by Gasteiger charge is -2.43. The number of hydrogen-bond donors (Lipinski definition) is 1. The van der Waals surface area contributed by atoms with Crippen LogP contribution >= 0.6 is 11.3 Å². The van der Waals surface area contributed by atoms with Crippen LogP contribution in [-0.4, -0.2) is 61.5 Å². The third kappa shape index (κ3) is 3.14. The van der Waals surface area contributed by atoms with E-state index in [1.165, 1.54) is 24.1 Å². The van der Waals surface area contributed by atoms with Crippen LogP contribution in [0.3, 0.4) is 0 Å². The van der Waals surface area contributed by atoms with Gasteiger partial charge in [-0.1, -0.05) is 18.9 Å². The first-order chi connectivity index (χ1) is 11.8. The minimum absolute atomic E-state index is 0.0720. The number of hydrogen-bond acceptors (Lipinski definition) is 4. The minimum Gasteiger partial charge on any atom is -0.340 e. The molecule has 1 saturated carbocycles. The Labute approximate surface area is 149 Å². The first-order valence-corrected chi connectivity index (χ1v) is 10.4. The fourth-order valence-corrected chi connectivity index (χ4v) is 5.58.